The number of fused-ring (bicyclic) bond motifs is 3. The molecule has 1 atom stereocenters. The molecule has 1 aliphatic heterocycles. The quantitative estimate of drug-likeness (QED) is 0.696. The van der Waals surface area contributed by atoms with Crippen molar-refractivity contribution in [3.63, 3.8) is 0 Å². The summed E-state index contributed by atoms with van der Waals surface area (Å²) in [6, 6.07) is 8.16. The summed E-state index contributed by atoms with van der Waals surface area (Å²) in [7, 11) is 0. The number of nitrogens with two attached hydrogens (primary N) is 1. The highest BCUT2D eigenvalue weighted by Crippen LogP contribution is 2.49. The molecule has 0 radical (unpaired) electrons. The van der Waals surface area contributed by atoms with Gasteiger partial charge < -0.3 is 10.5 Å². The first-order valence-corrected chi connectivity index (χ1v) is 5.16. The highest BCUT2D eigenvalue weighted by atomic mass is 16.5. The number of para-hydroxylation sites is 1. The summed E-state index contributed by atoms with van der Waals surface area (Å²) < 4.78 is 5.83. The average molecular weight is 199 g/mol. The molecule has 2 nitrogen and oxygen atoms in total. The number of hydrogen-bond acceptors (Lipinski definition) is 2. The van der Waals surface area contributed by atoms with Crippen molar-refractivity contribution in [3.05, 3.63) is 53.4 Å². The molecule has 1 aromatic rings. The first-order valence-electron chi connectivity index (χ1n) is 5.16. The lowest BCUT2D eigenvalue weighted by Gasteiger charge is -2.26. The Morgan fingerprint density at radius 3 is 3.00 bits per heavy atom. The zero-order valence-corrected chi connectivity index (χ0v) is 8.66. The summed E-state index contributed by atoms with van der Waals surface area (Å²) in [4.78, 5) is 0. The lowest BCUT2D eigenvalue weighted by molar-refractivity contribution is 0.370. The number of hydrogen-bond donors (Lipinski definition) is 1. The van der Waals surface area contributed by atoms with E-state index in [1.54, 1.807) is 0 Å². The minimum atomic E-state index is -0.0601. The molecule has 3 rings (SSSR count). The second-order valence-electron chi connectivity index (χ2n) is 4.32. The molecule has 0 fully saturated rings. The molecule has 2 heteroatoms. The Morgan fingerprint density at radius 1 is 1.33 bits per heavy atom. The van der Waals surface area contributed by atoms with Crippen LogP contribution < -0.4 is 10.5 Å². The van der Waals surface area contributed by atoms with Gasteiger partial charge in [-0.25, -0.2) is 0 Å². The van der Waals surface area contributed by atoms with Gasteiger partial charge in [0, 0.05) is 5.56 Å². The summed E-state index contributed by atoms with van der Waals surface area (Å²) in [6.45, 7) is 2.19. The van der Waals surface area contributed by atoms with Crippen molar-refractivity contribution in [2.75, 3.05) is 0 Å². The maximum Gasteiger partial charge on any atom is 0.138 e. The molecule has 2 aliphatic rings. The van der Waals surface area contributed by atoms with Gasteiger partial charge in [0.15, 0.2) is 0 Å². The van der Waals surface area contributed by atoms with E-state index in [0.717, 1.165) is 23.6 Å². The predicted molar refractivity (Wildman–Crippen MR) is 59.4 cm³/mol. The molecule has 0 spiro atoms. The van der Waals surface area contributed by atoms with Crippen molar-refractivity contribution < 1.29 is 4.74 Å². The van der Waals surface area contributed by atoms with Crippen LogP contribution in [0.15, 0.2) is 47.9 Å². The molecular weight excluding hydrogens is 186 g/mol. The van der Waals surface area contributed by atoms with Crippen LogP contribution in [0.1, 0.15) is 18.9 Å². The number of benzene rings is 1. The molecule has 15 heavy (non-hydrogen) atoms. The zero-order chi connectivity index (χ0) is 10.5. The highest BCUT2D eigenvalue weighted by Gasteiger charge is 2.42. The minimum absolute atomic E-state index is 0.0601. The summed E-state index contributed by atoms with van der Waals surface area (Å²) in [5.74, 6) is 1.85. The fourth-order valence-corrected chi connectivity index (χ4v) is 2.43. The van der Waals surface area contributed by atoms with Crippen LogP contribution in [0.5, 0.6) is 5.75 Å². The van der Waals surface area contributed by atoms with Crippen molar-refractivity contribution in [1.82, 2.24) is 0 Å². The first kappa shape index (κ1) is 8.60. The summed E-state index contributed by atoms with van der Waals surface area (Å²) in [5.41, 5.74) is 7.89. The highest BCUT2D eigenvalue weighted by molar-refractivity contribution is 5.54. The molecule has 76 valence electrons. The predicted octanol–water partition coefficient (Wildman–Crippen LogP) is 2.47. The topological polar surface area (TPSA) is 35.2 Å². The normalized spacial score (nSPS) is 27.3. The van der Waals surface area contributed by atoms with Crippen LogP contribution in [0.4, 0.5) is 0 Å². The van der Waals surface area contributed by atoms with Gasteiger partial charge >= 0.3 is 0 Å². The van der Waals surface area contributed by atoms with E-state index in [-0.39, 0.29) is 5.41 Å². The third-order valence-corrected chi connectivity index (χ3v) is 3.28. The SMILES string of the molecule is CC12CC=CC(N)=C1Oc1ccccc12. The van der Waals surface area contributed by atoms with Gasteiger partial charge in [-0.2, -0.15) is 0 Å². The Hall–Kier alpha value is -1.70. The third kappa shape index (κ3) is 0.990. The molecule has 2 N–H and O–H groups in total. The molecule has 0 bridgehead atoms. The average Bonchev–Trinajstić information content (AvgIpc) is 2.54. The Morgan fingerprint density at radius 2 is 2.13 bits per heavy atom. The second kappa shape index (κ2) is 2.66. The molecule has 1 aromatic carbocycles. The number of ether oxygens (including phenoxy) is 1. The van der Waals surface area contributed by atoms with E-state index in [1.807, 2.05) is 24.3 Å². The largest absolute Gasteiger partial charge is 0.458 e. The molecule has 0 saturated carbocycles. The monoisotopic (exact) mass is 199 g/mol. The standard InChI is InChI=1S/C13H13NO/c1-13-8-4-6-10(14)12(13)15-11-7-3-2-5-9(11)13/h2-7H,8,14H2,1H3. The number of rotatable bonds is 0. The molecule has 0 aromatic heterocycles. The summed E-state index contributed by atoms with van der Waals surface area (Å²) >= 11 is 0. The lowest BCUT2D eigenvalue weighted by Crippen LogP contribution is -2.26. The van der Waals surface area contributed by atoms with E-state index in [0.29, 0.717) is 0 Å². The molecular formula is C13H13NO. The van der Waals surface area contributed by atoms with Gasteiger partial charge in [0.25, 0.3) is 0 Å². The van der Waals surface area contributed by atoms with Crippen molar-refractivity contribution in [2.45, 2.75) is 18.8 Å². The van der Waals surface area contributed by atoms with Crippen molar-refractivity contribution in [1.29, 1.82) is 0 Å². The van der Waals surface area contributed by atoms with Gasteiger partial charge in [0.1, 0.15) is 11.5 Å². The van der Waals surface area contributed by atoms with E-state index in [9.17, 15) is 0 Å². The van der Waals surface area contributed by atoms with Crippen LogP contribution in [0.2, 0.25) is 0 Å². The Kier molecular flexibility index (Phi) is 1.52. The zero-order valence-electron chi connectivity index (χ0n) is 8.66. The van der Waals surface area contributed by atoms with Crippen molar-refractivity contribution in [3.8, 4) is 5.75 Å². The summed E-state index contributed by atoms with van der Waals surface area (Å²) in [5, 5.41) is 0. The molecule has 0 amide bonds. The van der Waals surface area contributed by atoms with Crippen molar-refractivity contribution >= 4 is 0 Å². The summed E-state index contributed by atoms with van der Waals surface area (Å²) in [6.07, 6.45) is 5.01. The second-order valence-corrected chi connectivity index (χ2v) is 4.32. The van der Waals surface area contributed by atoms with Crippen molar-refractivity contribution in [2.24, 2.45) is 5.73 Å². The molecule has 0 saturated heterocycles. The van der Waals surface area contributed by atoms with Gasteiger partial charge in [-0.05, 0) is 25.5 Å². The van der Waals surface area contributed by atoms with E-state index in [4.69, 9.17) is 10.5 Å². The van der Waals surface area contributed by atoms with Gasteiger partial charge in [-0.1, -0.05) is 24.3 Å². The van der Waals surface area contributed by atoms with E-state index in [2.05, 4.69) is 19.1 Å². The van der Waals surface area contributed by atoms with Gasteiger partial charge in [0.05, 0.1) is 11.1 Å². The fraction of sp³-hybridized carbons (Fsp3) is 0.231. The van der Waals surface area contributed by atoms with E-state index >= 15 is 0 Å². The Balaban J connectivity index is 2.25. The minimum Gasteiger partial charge on any atom is -0.458 e. The number of allylic oxidation sites excluding steroid dienone is 3. The van der Waals surface area contributed by atoms with E-state index < -0.39 is 0 Å². The maximum absolute atomic E-state index is 5.95. The van der Waals surface area contributed by atoms with Crippen LogP contribution >= 0.6 is 0 Å². The molecule has 1 heterocycles. The van der Waals surface area contributed by atoms with Crippen LogP contribution in [0.3, 0.4) is 0 Å². The van der Waals surface area contributed by atoms with Crippen LogP contribution in [0, 0.1) is 0 Å². The fourth-order valence-electron chi connectivity index (χ4n) is 2.43. The Bertz CT molecular complexity index is 487. The Labute approximate surface area is 89.0 Å². The maximum atomic E-state index is 5.95. The smallest absolute Gasteiger partial charge is 0.138 e. The van der Waals surface area contributed by atoms with Gasteiger partial charge in [-0.3, -0.25) is 0 Å². The first-order chi connectivity index (χ1) is 7.22. The van der Waals surface area contributed by atoms with E-state index in [1.165, 1.54) is 5.56 Å². The molecule has 1 unspecified atom stereocenters. The van der Waals surface area contributed by atoms with Crippen LogP contribution in [-0.2, 0) is 5.41 Å². The molecule has 1 aliphatic carbocycles. The third-order valence-electron chi connectivity index (χ3n) is 3.28. The van der Waals surface area contributed by atoms with Crippen LogP contribution in [-0.4, -0.2) is 0 Å². The lowest BCUT2D eigenvalue weighted by atomic mass is 9.76. The van der Waals surface area contributed by atoms with Gasteiger partial charge in [-0.15, -0.1) is 0 Å². The van der Waals surface area contributed by atoms with Gasteiger partial charge in [0.2, 0.25) is 0 Å². The van der Waals surface area contributed by atoms with Crippen LogP contribution in [0.25, 0.3) is 0 Å².